The lowest BCUT2D eigenvalue weighted by atomic mass is 9.97. The number of aryl methyl sites for hydroxylation is 14. The fourth-order valence-corrected chi connectivity index (χ4v) is 9.92. The average Bonchev–Trinajstić information content (AvgIpc) is 2.14. The molecule has 5 heterocycles. The second-order valence-electron chi connectivity index (χ2n) is 21.4. The lowest BCUT2D eigenvalue weighted by molar-refractivity contribution is -0.660. The summed E-state index contributed by atoms with van der Waals surface area (Å²) in [5.41, 5.74) is 24.6. The summed E-state index contributed by atoms with van der Waals surface area (Å²) < 4.78 is 32.9. The van der Waals surface area contributed by atoms with Crippen molar-refractivity contribution >= 4 is 0 Å². The van der Waals surface area contributed by atoms with E-state index in [1.165, 1.54) is 89.5 Å². The van der Waals surface area contributed by atoms with Crippen LogP contribution in [0.3, 0.4) is 0 Å². The Hall–Kier alpha value is -8.15. The number of hydrogen-bond donors (Lipinski definition) is 0. The third kappa shape index (κ3) is 20.6. The summed E-state index contributed by atoms with van der Waals surface area (Å²) in [6, 6.07) is 63.2. The molecule has 0 spiro atoms. The molecule has 0 saturated carbocycles. The SMILES string of the molecule is C.C.C.C.C.CCc1ccc(-c2cccc[n+]2C)c(C)c1.Cc1cc(CC(C)C)ccc1-c1cccc[n+]1C.Cc1ccc(-c2cccc[n+]2C)c(C)c1.Cc1ccc(C)c(-c2cccc[n+]2C)c1.[2H]C([2H])([2H])c1ccc(-c2cccc[n+]2C)c(C)c1. The maximum absolute atomic E-state index is 7.42. The van der Waals surface area contributed by atoms with Crippen LogP contribution in [-0.2, 0) is 48.1 Å². The van der Waals surface area contributed by atoms with Crippen molar-refractivity contribution < 1.29 is 26.9 Å². The summed E-state index contributed by atoms with van der Waals surface area (Å²) in [6.07, 6.45) is 12.6. The van der Waals surface area contributed by atoms with Crippen LogP contribution in [0.5, 0.6) is 0 Å². The number of rotatable bonds is 8. The van der Waals surface area contributed by atoms with Crippen LogP contribution >= 0.6 is 0 Å². The fraction of sp³-hybridized carbons (Fsp3) is 0.304. The van der Waals surface area contributed by atoms with Gasteiger partial charge >= 0.3 is 0 Å². The van der Waals surface area contributed by atoms with Gasteiger partial charge in [-0.15, -0.1) is 0 Å². The van der Waals surface area contributed by atoms with Gasteiger partial charge in [0.05, 0.1) is 0 Å². The largest absolute Gasteiger partial charge is 0.212 e. The molecule has 0 aliphatic heterocycles. The molecule has 0 N–H and O–H groups in total. The standard InChI is InChI=1S/C17H22N.C15H18N.3C14H16N.5CH4/c1-13(2)11-15-8-9-16(14(3)12-15)17-7-5-6-10-18(17)4;1-4-13-8-9-14(12(2)11-13)15-7-5-6-10-16(15)3;2*1-11-7-8-13(12(2)10-11)14-6-4-5-9-15(14)3;1-11-7-8-12(2)13(10-11)14-6-4-5-9-15(14)3;;;;;/h5-10,12-13H,11H2,1-4H3;5-11H,4H2,1-3H3;3*4-10H,1-3H3;5*1H4/q5*+1;;;;;/i;;1D3;;;;;;;. The Morgan fingerprint density at radius 3 is 0.952 bits per heavy atom. The molecule has 0 radical (unpaired) electrons. The highest BCUT2D eigenvalue weighted by Gasteiger charge is 2.15. The van der Waals surface area contributed by atoms with Gasteiger partial charge < -0.3 is 0 Å². The number of hydrogen-bond acceptors (Lipinski definition) is 0. The van der Waals surface area contributed by atoms with Crippen LogP contribution in [0.1, 0.15) is 118 Å². The minimum absolute atomic E-state index is 0. The summed E-state index contributed by atoms with van der Waals surface area (Å²) >= 11 is 0. The van der Waals surface area contributed by atoms with Crippen molar-refractivity contribution in [2.45, 2.75) is 126 Å². The Morgan fingerprint density at radius 2 is 0.619 bits per heavy atom. The summed E-state index contributed by atoms with van der Waals surface area (Å²) in [4.78, 5) is 0. The summed E-state index contributed by atoms with van der Waals surface area (Å²) in [7, 11) is 10.3. The molecule has 0 bridgehead atoms. The number of nitrogens with zero attached hydrogens (tertiary/aromatic N) is 5. The third-order valence-corrected chi connectivity index (χ3v) is 14.3. The molecule has 5 aromatic heterocycles. The maximum atomic E-state index is 7.42. The van der Waals surface area contributed by atoms with E-state index >= 15 is 0 Å². The highest BCUT2D eigenvalue weighted by molar-refractivity contribution is 5.65. The quantitative estimate of drug-likeness (QED) is 0.135. The first kappa shape index (κ1) is 68.3. The Morgan fingerprint density at radius 1 is 0.321 bits per heavy atom. The van der Waals surface area contributed by atoms with Gasteiger partial charge in [0.15, 0.2) is 31.0 Å². The van der Waals surface area contributed by atoms with Gasteiger partial charge in [-0.05, 0) is 174 Å². The maximum Gasteiger partial charge on any atom is 0.212 e. The van der Waals surface area contributed by atoms with Crippen LogP contribution in [0.2, 0.25) is 0 Å². The van der Waals surface area contributed by atoms with E-state index in [9.17, 15) is 0 Å². The monoisotopic (exact) mass is 1130 g/mol. The van der Waals surface area contributed by atoms with Gasteiger partial charge in [0.25, 0.3) is 0 Å². The molecule has 444 valence electrons. The molecule has 0 aliphatic rings. The molecule has 5 nitrogen and oxygen atoms in total. The molecule has 0 unspecified atom stereocenters. The average molecular weight is 1130 g/mol. The molecule has 84 heavy (non-hydrogen) atoms. The lowest BCUT2D eigenvalue weighted by Crippen LogP contribution is -2.30. The van der Waals surface area contributed by atoms with Crippen molar-refractivity contribution in [3.8, 4) is 56.3 Å². The second kappa shape index (κ2) is 35.8. The normalized spacial score (nSPS) is 10.5. The zero-order valence-electron chi connectivity index (χ0n) is 52.9. The van der Waals surface area contributed by atoms with E-state index in [1.54, 1.807) is 12.1 Å². The second-order valence-corrected chi connectivity index (χ2v) is 21.4. The van der Waals surface area contributed by atoms with Crippen LogP contribution < -0.4 is 22.8 Å². The summed E-state index contributed by atoms with van der Waals surface area (Å²) in [5.74, 6) is 0.711. The number of aromatic nitrogens is 5. The summed E-state index contributed by atoms with van der Waals surface area (Å²) in [6.45, 7) is 19.6. The molecule has 0 aliphatic carbocycles. The molecule has 5 aromatic carbocycles. The van der Waals surface area contributed by atoms with Gasteiger partial charge in [-0.25, -0.2) is 22.8 Å². The van der Waals surface area contributed by atoms with E-state index < -0.39 is 6.85 Å². The van der Waals surface area contributed by atoms with Gasteiger partial charge in [0.2, 0.25) is 28.5 Å². The zero-order chi connectivity index (χ0) is 59.7. The fourth-order valence-electron chi connectivity index (χ4n) is 9.92. The third-order valence-electron chi connectivity index (χ3n) is 14.3. The van der Waals surface area contributed by atoms with Crippen LogP contribution in [0.4, 0.5) is 0 Å². The van der Waals surface area contributed by atoms with E-state index in [2.05, 4.69) is 273 Å². The van der Waals surface area contributed by atoms with E-state index in [0.717, 1.165) is 29.7 Å². The minimum atomic E-state index is -2.04. The predicted molar refractivity (Wildman–Crippen MR) is 365 cm³/mol. The van der Waals surface area contributed by atoms with Crippen LogP contribution in [0.15, 0.2) is 213 Å². The molecule has 0 saturated heterocycles. The number of pyridine rings is 5. The molecule has 10 rings (SSSR count). The number of benzene rings is 5. The van der Waals surface area contributed by atoms with E-state index in [-0.39, 0.29) is 37.1 Å². The highest BCUT2D eigenvalue weighted by atomic mass is 14.9. The predicted octanol–water partition coefficient (Wildman–Crippen LogP) is 18.3. The van der Waals surface area contributed by atoms with Gasteiger partial charge in [-0.2, -0.15) is 0 Å². The van der Waals surface area contributed by atoms with Crippen LogP contribution in [0, 0.1) is 61.2 Å². The van der Waals surface area contributed by atoms with Crippen LogP contribution in [-0.4, -0.2) is 0 Å². The topological polar surface area (TPSA) is 19.4 Å². The van der Waals surface area contributed by atoms with E-state index in [0.29, 0.717) is 11.5 Å². The Balaban J connectivity index is 0.000000537. The first-order chi connectivity index (χ1) is 39.1. The lowest BCUT2D eigenvalue weighted by Gasteiger charge is -2.09. The van der Waals surface area contributed by atoms with Gasteiger partial charge in [-0.3, -0.25) is 0 Å². The molecule has 0 atom stereocenters. The highest BCUT2D eigenvalue weighted by Crippen LogP contribution is 2.26. The zero-order valence-corrected chi connectivity index (χ0v) is 49.9. The van der Waals surface area contributed by atoms with Gasteiger partial charge in [-0.1, -0.05) is 135 Å². The first-order valence-electron chi connectivity index (χ1n) is 29.3. The molecule has 5 heteroatoms. The smallest absolute Gasteiger partial charge is 0.201 e. The Bertz CT molecular complexity index is 3730. The molecular weight excluding hydrogens is 1020 g/mol. The van der Waals surface area contributed by atoms with Crippen LogP contribution in [0.25, 0.3) is 56.3 Å². The van der Waals surface area contributed by atoms with E-state index in [4.69, 9.17) is 4.11 Å². The Kier molecular flexibility index (Phi) is 29.1. The molecule has 0 amide bonds. The first-order valence-corrected chi connectivity index (χ1v) is 27.8. The van der Waals surface area contributed by atoms with Gasteiger partial charge in [0, 0.05) is 92.6 Å². The van der Waals surface area contributed by atoms with Crippen molar-refractivity contribution in [1.29, 1.82) is 0 Å². The molecule has 10 aromatic rings. The summed E-state index contributed by atoms with van der Waals surface area (Å²) in [5, 5.41) is 0. The molecular formula is C79H108N5+5. The van der Waals surface area contributed by atoms with Crippen molar-refractivity contribution in [2.75, 3.05) is 0 Å². The van der Waals surface area contributed by atoms with Crippen molar-refractivity contribution in [1.82, 2.24) is 0 Å². The Labute approximate surface area is 516 Å². The van der Waals surface area contributed by atoms with E-state index in [1.807, 2.05) is 55.1 Å². The van der Waals surface area contributed by atoms with Crippen molar-refractivity contribution in [3.63, 3.8) is 0 Å². The minimum Gasteiger partial charge on any atom is -0.201 e. The van der Waals surface area contributed by atoms with Crippen molar-refractivity contribution in [3.05, 3.63) is 269 Å². The van der Waals surface area contributed by atoms with Crippen molar-refractivity contribution in [2.24, 2.45) is 41.2 Å². The molecule has 0 fully saturated rings. The van der Waals surface area contributed by atoms with Gasteiger partial charge in [0.1, 0.15) is 35.2 Å².